The molecular formula is C22H26ClN3O3. The lowest BCUT2D eigenvalue weighted by Gasteiger charge is -2.26. The molecule has 4 N–H and O–H groups in total. The van der Waals surface area contributed by atoms with E-state index in [1.54, 1.807) is 24.3 Å². The maximum atomic E-state index is 12.6. The fourth-order valence-corrected chi connectivity index (χ4v) is 3.82. The fraction of sp³-hybridized carbons (Fsp3) is 0.364. The lowest BCUT2D eigenvalue weighted by Crippen LogP contribution is -2.40. The number of hydrogen-bond acceptors (Lipinski definition) is 4. The number of rotatable bonds is 4. The largest absolute Gasteiger partial charge is 0.480 e. The molecule has 1 atom stereocenters. The summed E-state index contributed by atoms with van der Waals surface area (Å²) in [7, 11) is 0. The summed E-state index contributed by atoms with van der Waals surface area (Å²) in [6.07, 6.45) is 3.68. The molecule has 1 aliphatic carbocycles. The molecule has 154 valence electrons. The summed E-state index contributed by atoms with van der Waals surface area (Å²) >= 11 is 0. The highest BCUT2D eigenvalue weighted by Crippen LogP contribution is 2.28. The van der Waals surface area contributed by atoms with E-state index in [2.05, 4.69) is 10.6 Å². The lowest BCUT2D eigenvalue weighted by molar-refractivity contribution is -0.122. The number of nitrogens with two attached hydrogens (primary N) is 1. The highest BCUT2D eigenvalue weighted by Gasteiger charge is 2.29. The Labute approximate surface area is 176 Å². The molecule has 7 heteroatoms. The number of carbonyl (C=O) groups is 2. The van der Waals surface area contributed by atoms with E-state index >= 15 is 0 Å². The smallest absolute Gasteiger partial charge is 0.265 e. The van der Waals surface area contributed by atoms with E-state index in [4.69, 9.17) is 10.5 Å². The van der Waals surface area contributed by atoms with E-state index < -0.39 is 6.10 Å². The number of ether oxygens (including phenoxy) is 1. The number of fused-ring (bicyclic) bond motifs is 1. The minimum absolute atomic E-state index is 0. The molecule has 1 heterocycles. The zero-order chi connectivity index (χ0) is 19.5. The van der Waals surface area contributed by atoms with E-state index in [1.165, 1.54) is 0 Å². The molecule has 2 amide bonds. The van der Waals surface area contributed by atoms with Crippen molar-refractivity contribution in [3.8, 4) is 5.75 Å². The van der Waals surface area contributed by atoms with Gasteiger partial charge < -0.3 is 21.1 Å². The van der Waals surface area contributed by atoms with Gasteiger partial charge >= 0.3 is 0 Å². The monoisotopic (exact) mass is 415 g/mol. The molecule has 6 nitrogen and oxygen atoms in total. The Hall–Kier alpha value is -2.57. The third-order valence-electron chi connectivity index (χ3n) is 5.44. The minimum Gasteiger partial charge on any atom is -0.480 e. The highest BCUT2D eigenvalue weighted by molar-refractivity contribution is 5.98. The van der Waals surface area contributed by atoms with Gasteiger partial charge in [0.05, 0.1) is 0 Å². The second kappa shape index (κ2) is 9.29. The highest BCUT2D eigenvalue weighted by atomic mass is 35.5. The van der Waals surface area contributed by atoms with Crippen molar-refractivity contribution >= 4 is 29.9 Å². The van der Waals surface area contributed by atoms with Crippen molar-refractivity contribution in [2.75, 3.05) is 5.32 Å². The summed E-state index contributed by atoms with van der Waals surface area (Å²) < 4.78 is 5.73. The van der Waals surface area contributed by atoms with Crippen LogP contribution in [0.3, 0.4) is 0 Å². The lowest BCUT2D eigenvalue weighted by atomic mass is 9.91. The SMILES string of the molecule is Cl.NC1CCC(NC(=O)c2cccc(NC(=O)C3Cc4ccccc4O3)c2)CC1. The molecule has 1 unspecified atom stereocenters. The van der Waals surface area contributed by atoms with Gasteiger partial charge in [-0.2, -0.15) is 0 Å². The number of anilines is 1. The van der Waals surface area contributed by atoms with Crippen molar-refractivity contribution in [2.24, 2.45) is 5.73 Å². The molecule has 0 radical (unpaired) electrons. The Morgan fingerprint density at radius 2 is 1.76 bits per heavy atom. The molecule has 1 saturated carbocycles. The molecule has 0 saturated heterocycles. The Bertz CT molecular complexity index is 856. The first-order valence-electron chi connectivity index (χ1n) is 9.80. The van der Waals surface area contributed by atoms with Crippen LogP contribution in [0.2, 0.25) is 0 Å². The van der Waals surface area contributed by atoms with Crippen molar-refractivity contribution in [1.82, 2.24) is 5.32 Å². The fourth-order valence-electron chi connectivity index (χ4n) is 3.82. The molecular weight excluding hydrogens is 390 g/mol. The standard InChI is InChI=1S/C22H25N3O3.ClH/c23-16-8-10-17(11-9-16)24-21(26)15-5-3-6-18(12-15)25-22(27)20-13-14-4-1-2-7-19(14)28-20;/h1-7,12,16-17,20H,8-11,13,23H2,(H,24,26)(H,25,27);1H. The third kappa shape index (κ3) is 5.08. The molecule has 0 spiro atoms. The molecule has 2 aromatic carbocycles. The summed E-state index contributed by atoms with van der Waals surface area (Å²) in [4.78, 5) is 25.1. The summed E-state index contributed by atoms with van der Waals surface area (Å²) in [6.45, 7) is 0. The zero-order valence-electron chi connectivity index (χ0n) is 16.1. The summed E-state index contributed by atoms with van der Waals surface area (Å²) in [5.74, 6) is 0.416. The number of para-hydroxylation sites is 1. The van der Waals surface area contributed by atoms with Gasteiger partial charge in [0.1, 0.15) is 5.75 Å². The predicted molar refractivity (Wildman–Crippen MR) is 115 cm³/mol. The average molecular weight is 416 g/mol. The van der Waals surface area contributed by atoms with Crippen LogP contribution in [0.5, 0.6) is 5.75 Å². The van der Waals surface area contributed by atoms with Crippen LogP contribution in [0, 0.1) is 0 Å². The van der Waals surface area contributed by atoms with Gasteiger partial charge in [-0.3, -0.25) is 9.59 Å². The molecule has 29 heavy (non-hydrogen) atoms. The van der Waals surface area contributed by atoms with Gasteiger partial charge in [0.25, 0.3) is 11.8 Å². The Balaban J connectivity index is 0.00000240. The number of amides is 2. The number of halogens is 1. The van der Waals surface area contributed by atoms with Crippen LogP contribution in [0.4, 0.5) is 5.69 Å². The van der Waals surface area contributed by atoms with Crippen LogP contribution in [-0.4, -0.2) is 30.0 Å². The summed E-state index contributed by atoms with van der Waals surface area (Å²) in [5.41, 5.74) is 8.07. The van der Waals surface area contributed by atoms with Crippen LogP contribution in [0.1, 0.15) is 41.6 Å². The Kier molecular flexibility index (Phi) is 6.77. The number of carbonyl (C=O) groups excluding carboxylic acids is 2. The molecule has 1 fully saturated rings. The molecule has 2 aromatic rings. The van der Waals surface area contributed by atoms with Crippen LogP contribution in [-0.2, 0) is 11.2 Å². The second-order valence-electron chi connectivity index (χ2n) is 7.57. The Morgan fingerprint density at radius 3 is 2.52 bits per heavy atom. The van der Waals surface area contributed by atoms with Crippen LogP contribution < -0.4 is 21.1 Å². The first-order chi connectivity index (χ1) is 13.6. The number of hydrogen-bond donors (Lipinski definition) is 3. The van der Waals surface area contributed by atoms with Gasteiger partial charge in [0.2, 0.25) is 0 Å². The summed E-state index contributed by atoms with van der Waals surface area (Å²) in [6, 6.07) is 15.1. The first kappa shape index (κ1) is 21.1. The summed E-state index contributed by atoms with van der Waals surface area (Å²) in [5, 5.41) is 5.93. The molecule has 0 bridgehead atoms. The topological polar surface area (TPSA) is 93.5 Å². The first-order valence-corrected chi connectivity index (χ1v) is 9.80. The molecule has 2 aliphatic rings. The van der Waals surface area contributed by atoms with Gasteiger partial charge in [-0.05, 0) is 55.5 Å². The van der Waals surface area contributed by atoms with Gasteiger partial charge in [-0.15, -0.1) is 12.4 Å². The van der Waals surface area contributed by atoms with E-state index in [9.17, 15) is 9.59 Å². The van der Waals surface area contributed by atoms with E-state index in [0.29, 0.717) is 17.7 Å². The third-order valence-corrected chi connectivity index (χ3v) is 5.44. The quantitative estimate of drug-likeness (QED) is 0.715. The molecule has 4 rings (SSSR count). The molecule has 0 aromatic heterocycles. The van der Waals surface area contributed by atoms with Gasteiger partial charge in [-0.1, -0.05) is 24.3 Å². The van der Waals surface area contributed by atoms with Crippen molar-refractivity contribution < 1.29 is 14.3 Å². The number of nitrogens with one attached hydrogen (secondary N) is 2. The minimum atomic E-state index is -0.554. The van der Waals surface area contributed by atoms with Gasteiger partial charge in [-0.25, -0.2) is 0 Å². The van der Waals surface area contributed by atoms with E-state index in [-0.39, 0.29) is 36.3 Å². The van der Waals surface area contributed by atoms with Crippen molar-refractivity contribution in [1.29, 1.82) is 0 Å². The average Bonchev–Trinajstić information content (AvgIpc) is 3.14. The van der Waals surface area contributed by atoms with Crippen LogP contribution >= 0.6 is 12.4 Å². The van der Waals surface area contributed by atoms with Crippen molar-refractivity contribution in [3.05, 3.63) is 59.7 Å². The van der Waals surface area contributed by atoms with Crippen LogP contribution in [0.15, 0.2) is 48.5 Å². The van der Waals surface area contributed by atoms with Crippen molar-refractivity contribution in [3.63, 3.8) is 0 Å². The Morgan fingerprint density at radius 1 is 1.00 bits per heavy atom. The maximum Gasteiger partial charge on any atom is 0.265 e. The maximum absolute atomic E-state index is 12.6. The van der Waals surface area contributed by atoms with Crippen LogP contribution in [0.25, 0.3) is 0 Å². The van der Waals surface area contributed by atoms with E-state index in [1.807, 2.05) is 24.3 Å². The van der Waals surface area contributed by atoms with Gasteiger partial charge in [0.15, 0.2) is 6.10 Å². The predicted octanol–water partition coefficient (Wildman–Crippen LogP) is 3.05. The molecule has 1 aliphatic heterocycles. The van der Waals surface area contributed by atoms with E-state index in [0.717, 1.165) is 37.0 Å². The normalized spacial score (nSPS) is 22.6. The van der Waals surface area contributed by atoms with Gasteiger partial charge in [0, 0.05) is 29.8 Å². The van der Waals surface area contributed by atoms with Crippen molar-refractivity contribution in [2.45, 2.75) is 50.3 Å². The second-order valence-corrected chi connectivity index (χ2v) is 7.57. The zero-order valence-corrected chi connectivity index (χ0v) is 16.9. The number of benzene rings is 2.